The summed E-state index contributed by atoms with van der Waals surface area (Å²) in [6.45, 7) is 6.00. The van der Waals surface area contributed by atoms with E-state index in [1.165, 1.54) is 11.1 Å². The fourth-order valence-corrected chi connectivity index (χ4v) is 2.09. The molecule has 0 aliphatic carbocycles. The summed E-state index contributed by atoms with van der Waals surface area (Å²) in [5.74, 6) is 1.97. The Balaban J connectivity index is 0.00000144. The molecule has 1 aliphatic heterocycles. The quantitative estimate of drug-likeness (QED) is 0.899. The summed E-state index contributed by atoms with van der Waals surface area (Å²) in [7, 11) is 1.71. The summed E-state index contributed by atoms with van der Waals surface area (Å²) >= 11 is 0. The molecule has 0 bridgehead atoms. The van der Waals surface area contributed by atoms with Gasteiger partial charge in [0.15, 0.2) is 0 Å². The van der Waals surface area contributed by atoms with Crippen LogP contribution in [0.2, 0.25) is 0 Å². The molecule has 1 heterocycles. The van der Waals surface area contributed by atoms with E-state index in [2.05, 4.69) is 31.3 Å². The summed E-state index contributed by atoms with van der Waals surface area (Å²) in [6.07, 6.45) is 1.26. The van der Waals surface area contributed by atoms with E-state index in [-0.39, 0.29) is 18.5 Å². The summed E-state index contributed by atoms with van der Waals surface area (Å²) in [6, 6.07) is 4.13. The lowest BCUT2D eigenvalue weighted by molar-refractivity contribution is 0.252. The first-order chi connectivity index (χ1) is 7.74. The zero-order chi connectivity index (χ0) is 11.5. The van der Waals surface area contributed by atoms with Gasteiger partial charge in [0, 0.05) is 24.1 Å². The second kappa shape index (κ2) is 6.12. The Morgan fingerprint density at radius 3 is 2.88 bits per heavy atom. The third-order valence-corrected chi connectivity index (χ3v) is 2.84. The molecule has 2 rings (SSSR count). The monoisotopic (exact) mass is 257 g/mol. The van der Waals surface area contributed by atoms with Gasteiger partial charge in [-0.2, -0.15) is 0 Å². The van der Waals surface area contributed by atoms with Crippen molar-refractivity contribution in [1.29, 1.82) is 0 Å². The lowest BCUT2D eigenvalue weighted by Gasteiger charge is -2.11. The zero-order valence-corrected chi connectivity index (χ0v) is 11.4. The molecule has 1 aromatic rings. The highest BCUT2D eigenvalue weighted by Crippen LogP contribution is 2.36. The molecule has 0 aromatic heterocycles. The van der Waals surface area contributed by atoms with Crippen LogP contribution in [0, 0.1) is 0 Å². The van der Waals surface area contributed by atoms with Crippen LogP contribution in [0.15, 0.2) is 12.1 Å². The van der Waals surface area contributed by atoms with Crippen LogP contribution >= 0.6 is 12.4 Å². The van der Waals surface area contributed by atoms with Gasteiger partial charge < -0.3 is 14.8 Å². The molecule has 1 atom stereocenters. The van der Waals surface area contributed by atoms with Crippen molar-refractivity contribution in [3.63, 3.8) is 0 Å². The number of halogens is 1. The van der Waals surface area contributed by atoms with E-state index in [1.54, 1.807) is 7.11 Å². The molecular weight excluding hydrogens is 238 g/mol. The Labute approximate surface area is 109 Å². The maximum Gasteiger partial charge on any atom is 0.127 e. The van der Waals surface area contributed by atoms with Crippen molar-refractivity contribution in [3.8, 4) is 11.5 Å². The first kappa shape index (κ1) is 14.1. The highest BCUT2D eigenvalue weighted by atomic mass is 35.5. The van der Waals surface area contributed by atoms with Gasteiger partial charge in [0.2, 0.25) is 0 Å². The number of rotatable bonds is 4. The third kappa shape index (κ3) is 3.05. The van der Waals surface area contributed by atoms with Crippen molar-refractivity contribution in [2.75, 3.05) is 13.7 Å². The van der Waals surface area contributed by atoms with Crippen LogP contribution in [-0.2, 0) is 13.0 Å². The molecular formula is C13H20ClNO2. The molecule has 1 unspecified atom stereocenters. The van der Waals surface area contributed by atoms with E-state index in [1.807, 2.05) is 0 Å². The lowest BCUT2D eigenvalue weighted by atomic mass is 10.1. The van der Waals surface area contributed by atoms with Gasteiger partial charge in [-0.25, -0.2) is 0 Å². The molecule has 0 radical (unpaired) electrons. The molecule has 1 N–H and O–H groups in total. The predicted molar refractivity (Wildman–Crippen MR) is 71.4 cm³/mol. The highest BCUT2D eigenvalue weighted by Gasteiger charge is 2.23. The van der Waals surface area contributed by atoms with E-state index in [0.717, 1.165) is 31.0 Å². The van der Waals surface area contributed by atoms with Crippen molar-refractivity contribution in [1.82, 2.24) is 5.32 Å². The topological polar surface area (TPSA) is 30.5 Å². The average Bonchev–Trinajstić information content (AvgIpc) is 2.65. The third-order valence-electron chi connectivity index (χ3n) is 2.84. The highest BCUT2D eigenvalue weighted by molar-refractivity contribution is 5.85. The van der Waals surface area contributed by atoms with Gasteiger partial charge in [0.05, 0.1) is 7.11 Å². The Hall–Kier alpha value is -0.930. The minimum atomic E-state index is 0. The van der Waals surface area contributed by atoms with Gasteiger partial charge in [-0.05, 0) is 25.6 Å². The van der Waals surface area contributed by atoms with Crippen LogP contribution in [-0.4, -0.2) is 19.8 Å². The van der Waals surface area contributed by atoms with Gasteiger partial charge >= 0.3 is 0 Å². The molecule has 4 heteroatoms. The fourth-order valence-electron chi connectivity index (χ4n) is 2.09. The Bertz CT molecular complexity index is 382. The van der Waals surface area contributed by atoms with Gasteiger partial charge in [0.1, 0.15) is 17.6 Å². The van der Waals surface area contributed by atoms with Crippen molar-refractivity contribution in [2.45, 2.75) is 32.9 Å². The van der Waals surface area contributed by atoms with Gasteiger partial charge in [-0.15, -0.1) is 12.4 Å². The van der Waals surface area contributed by atoms with Crippen molar-refractivity contribution >= 4 is 12.4 Å². The molecule has 0 amide bonds. The first-order valence-electron chi connectivity index (χ1n) is 5.81. The Morgan fingerprint density at radius 1 is 1.47 bits per heavy atom. The fraction of sp³-hybridized carbons (Fsp3) is 0.538. The number of benzene rings is 1. The number of ether oxygens (including phenoxy) is 2. The Kier molecular flexibility index (Phi) is 5.09. The van der Waals surface area contributed by atoms with Gasteiger partial charge in [-0.1, -0.05) is 6.92 Å². The number of nitrogens with one attached hydrogen (secondary N) is 1. The molecule has 0 saturated carbocycles. The zero-order valence-electron chi connectivity index (χ0n) is 10.6. The molecule has 1 aromatic carbocycles. The van der Waals surface area contributed by atoms with E-state index in [4.69, 9.17) is 9.47 Å². The molecule has 0 fully saturated rings. The maximum atomic E-state index is 5.84. The normalized spacial score (nSPS) is 17.0. The first-order valence-corrected chi connectivity index (χ1v) is 5.81. The minimum absolute atomic E-state index is 0. The van der Waals surface area contributed by atoms with Gasteiger partial charge in [-0.3, -0.25) is 0 Å². The standard InChI is InChI=1S/C13H19NO2.ClH/c1-4-14-8-11-7-12(15-3)6-10-5-9(2)16-13(10)11;/h6-7,9,14H,4-5,8H2,1-3H3;1H. The Morgan fingerprint density at radius 2 is 2.24 bits per heavy atom. The summed E-state index contributed by atoms with van der Waals surface area (Å²) in [4.78, 5) is 0. The van der Waals surface area contributed by atoms with Crippen LogP contribution in [0.25, 0.3) is 0 Å². The summed E-state index contributed by atoms with van der Waals surface area (Å²) in [5.41, 5.74) is 2.46. The number of methoxy groups -OCH3 is 1. The molecule has 0 spiro atoms. The molecule has 0 saturated heterocycles. The van der Waals surface area contributed by atoms with Gasteiger partial charge in [0.25, 0.3) is 0 Å². The SMILES string of the molecule is CCNCc1cc(OC)cc2c1OC(C)C2.Cl. The average molecular weight is 258 g/mol. The smallest absolute Gasteiger partial charge is 0.127 e. The van der Waals surface area contributed by atoms with Crippen LogP contribution in [0.5, 0.6) is 11.5 Å². The molecule has 96 valence electrons. The lowest BCUT2D eigenvalue weighted by Crippen LogP contribution is -2.13. The molecule has 3 nitrogen and oxygen atoms in total. The van der Waals surface area contributed by atoms with E-state index in [9.17, 15) is 0 Å². The van der Waals surface area contributed by atoms with Crippen molar-refractivity contribution < 1.29 is 9.47 Å². The van der Waals surface area contributed by atoms with Crippen LogP contribution in [0.3, 0.4) is 0 Å². The van der Waals surface area contributed by atoms with E-state index >= 15 is 0 Å². The van der Waals surface area contributed by atoms with Crippen LogP contribution < -0.4 is 14.8 Å². The second-order valence-corrected chi connectivity index (χ2v) is 4.19. The molecule has 1 aliphatic rings. The van der Waals surface area contributed by atoms with Crippen molar-refractivity contribution in [3.05, 3.63) is 23.3 Å². The number of fused-ring (bicyclic) bond motifs is 1. The van der Waals surface area contributed by atoms with Crippen LogP contribution in [0.4, 0.5) is 0 Å². The summed E-state index contributed by atoms with van der Waals surface area (Å²) < 4.78 is 11.2. The number of hydrogen-bond donors (Lipinski definition) is 1. The van der Waals surface area contributed by atoms with E-state index < -0.39 is 0 Å². The maximum absolute atomic E-state index is 5.84. The van der Waals surface area contributed by atoms with Crippen molar-refractivity contribution in [2.24, 2.45) is 0 Å². The predicted octanol–water partition coefficient (Wildman–Crippen LogP) is 2.55. The largest absolute Gasteiger partial charge is 0.497 e. The minimum Gasteiger partial charge on any atom is -0.497 e. The van der Waals surface area contributed by atoms with E-state index in [0.29, 0.717) is 0 Å². The summed E-state index contributed by atoms with van der Waals surface area (Å²) in [5, 5.41) is 3.32. The van der Waals surface area contributed by atoms with Crippen LogP contribution in [0.1, 0.15) is 25.0 Å². The second-order valence-electron chi connectivity index (χ2n) is 4.19. The molecule has 17 heavy (non-hydrogen) atoms. The number of hydrogen-bond acceptors (Lipinski definition) is 3.